The molecule has 0 amide bonds. The van der Waals surface area contributed by atoms with E-state index < -0.39 is 5.97 Å². The summed E-state index contributed by atoms with van der Waals surface area (Å²) in [5, 5.41) is 8.80. The Hall–Kier alpha value is -2.27. The Labute approximate surface area is 104 Å². The first kappa shape index (κ1) is 12.2. The average molecular weight is 244 g/mol. The van der Waals surface area contributed by atoms with Gasteiger partial charge in [-0.05, 0) is 24.3 Å². The monoisotopic (exact) mass is 244 g/mol. The zero-order valence-electron chi connectivity index (χ0n) is 9.61. The summed E-state index contributed by atoms with van der Waals surface area (Å²) in [4.78, 5) is 18.8. The minimum Gasteiger partial charge on any atom is -0.477 e. The molecule has 0 fully saturated rings. The number of hydrogen-bond acceptors (Lipinski definition) is 4. The fourth-order valence-electron chi connectivity index (χ4n) is 1.42. The maximum absolute atomic E-state index is 10.7. The van der Waals surface area contributed by atoms with E-state index in [1.165, 1.54) is 6.07 Å². The Morgan fingerprint density at radius 2 is 1.89 bits per heavy atom. The third-order valence-corrected chi connectivity index (χ3v) is 2.25. The van der Waals surface area contributed by atoms with E-state index in [0.29, 0.717) is 12.3 Å². The molecule has 1 N–H and O–H groups in total. The van der Waals surface area contributed by atoms with Crippen molar-refractivity contribution in [1.82, 2.24) is 9.97 Å². The first-order chi connectivity index (χ1) is 8.75. The van der Waals surface area contributed by atoms with Crippen LogP contribution < -0.4 is 0 Å². The van der Waals surface area contributed by atoms with Gasteiger partial charge in [0.15, 0.2) is 0 Å². The lowest BCUT2D eigenvalue weighted by Gasteiger charge is -2.04. The second kappa shape index (κ2) is 5.88. The minimum absolute atomic E-state index is 0.0222. The van der Waals surface area contributed by atoms with Crippen molar-refractivity contribution in [2.24, 2.45) is 0 Å². The Morgan fingerprint density at radius 1 is 1.11 bits per heavy atom. The van der Waals surface area contributed by atoms with Gasteiger partial charge in [0, 0.05) is 6.20 Å². The first-order valence-corrected chi connectivity index (χ1v) is 5.42. The number of hydrogen-bond donors (Lipinski definition) is 1. The maximum Gasteiger partial charge on any atom is 0.354 e. The molecule has 0 aliphatic carbocycles. The third-order valence-electron chi connectivity index (χ3n) is 2.25. The van der Waals surface area contributed by atoms with Gasteiger partial charge < -0.3 is 9.84 Å². The molecule has 2 heterocycles. The van der Waals surface area contributed by atoms with Crippen LogP contribution in [-0.4, -0.2) is 21.0 Å². The quantitative estimate of drug-likeness (QED) is 0.869. The number of aromatic nitrogens is 2. The molecule has 0 bridgehead atoms. The van der Waals surface area contributed by atoms with Gasteiger partial charge in [0.1, 0.15) is 5.69 Å². The average Bonchev–Trinajstić information content (AvgIpc) is 2.40. The molecule has 2 aromatic heterocycles. The number of rotatable bonds is 5. The second-order valence-electron chi connectivity index (χ2n) is 3.63. The number of carbonyl (C=O) groups is 1. The molecule has 5 heteroatoms. The molecule has 92 valence electrons. The van der Waals surface area contributed by atoms with Crippen LogP contribution in [0.3, 0.4) is 0 Å². The molecule has 0 aliphatic rings. The number of nitrogens with zero attached hydrogens (tertiary/aromatic N) is 2. The summed E-state index contributed by atoms with van der Waals surface area (Å²) in [5.74, 6) is -1.04. The van der Waals surface area contributed by atoms with E-state index in [1.54, 1.807) is 18.3 Å². The number of aromatic carboxylic acids is 1. The highest BCUT2D eigenvalue weighted by molar-refractivity contribution is 5.85. The highest BCUT2D eigenvalue weighted by atomic mass is 16.5. The Morgan fingerprint density at radius 3 is 2.61 bits per heavy atom. The largest absolute Gasteiger partial charge is 0.477 e. The van der Waals surface area contributed by atoms with Gasteiger partial charge in [0.05, 0.1) is 24.6 Å². The van der Waals surface area contributed by atoms with Crippen molar-refractivity contribution in [1.29, 1.82) is 0 Å². The molecule has 18 heavy (non-hydrogen) atoms. The van der Waals surface area contributed by atoms with Gasteiger partial charge in [-0.15, -0.1) is 0 Å². The molecular weight excluding hydrogens is 232 g/mol. The van der Waals surface area contributed by atoms with Crippen molar-refractivity contribution in [3.63, 3.8) is 0 Å². The van der Waals surface area contributed by atoms with E-state index in [1.807, 2.05) is 18.2 Å². The van der Waals surface area contributed by atoms with E-state index in [0.717, 1.165) is 5.69 Å². The number of ether oxygens (including phenoxy) is 1. The predicted octanol–water partition coefficient (Wildman–Crippen LogP) is 1.89. The fraction of sp³-hybridized carbons (Fsp3) is 0.154. The van der Waals surface area contributed by atoms with E-state index >= 15 is 0 Å². The van der Waals surface area contributed by atoms with Crippen molar-refractivity contribution in [3.05, 3.63) is 59.7 Å². The molecule has 0 saturated heterocycles. The van der Waals surface area contributed by atoms with Crippen molar-refractivity contribution in [3.8, 4) is 0 Å². The molecule has 5 nitrogen and oxygen atoms in total. The number of carboxylic acids is 1. The number of carboxylic acid groups (broad SMARTS) is 1. The molecule has 0 spiro atoms. The molecule has 0 radical (unpaired) electrons. The van der Waals surface area contributed by atoms with E-state index in [-0.39, 0.29) is 12.3 Å². The molecule has 0 saturated carbocycles. The predicted molar refractivity (Wildman–Crippen MR) is 63.9 cm³/mol. The van der Waals surface area contributed by atoms with Gasteiger partial charge in [-0.1, -0.05) is 12.1 Å². The summed E-state index contributed by atoms with van der Waals surface area (Å²) < 4.78 is 5.42. The molecule has 2 rings (SSSR count). The van der Waals surface area contributed by atoms with Crippen molar-refractivity contribution < 1.29 is 14.6 Å². The molecule has 2 aromatic rings. The highest BCUT2D eigenvalue weighted by Gasteiger charge is 2.05. The van der Waals surface area contributed by atoms with Crippen LogP contribution in [0.15, 0.2) is 42.6 Å². The van der Waals surface area contributed by atoms with Gasteiger partial charge in [0.25, 0.3) is 0 Å². The van der Waals surface area contributed by atoms with Crippen LogP contribution in [-0.2, 0) is 18.0 Å². The SMILES string of the molecule is O=C(O)c1cccc(COCc2ccccn2)n1. The standard InChI is InChI=1S/C13H12N2O3/c16-13(17)12-6-3-5-11(15-12)9-18-8-10-4-1-2-7-14-10/h1-7H,8-9H2,(H,16,17). The second-order valence-corrected chi connectivity index (χ2v) is 3.63. The van der Waals surface area contributed by atoms with Crippen LogP contribution in [0, 0.1) is 0 Å². The smallest absolute Gasteiger partial charge is 0.354 e. The van der Waals surface area contributed by atoms with Crippen LogP contribution in [0.2, 0.25) is 0 Å². The maximum atomic E-state index is 10.7. The summed E-state index contributed by atoms with van der Waals surface area (Å²) >= 11 is 0. The van der Waals surface area contributed by atoms with Crippen LogP contribution >= 0.6 is 0 Å². The van der Waals surface area contributed by atoms with Gasteiger partial charge in [-0.25, -0.2) is 9.78 Å². The lowest BCUT2D eigenvalue weighted by Crippen LogP contribution is -2.04. The van der Waals surface area contributed by atoms with Gasteiger partial charge in [0.2, 0.25) is 0 Å². The first-order valence-electron chi connectivity index (χ1n) is 5.42. The summed E-state index contributed by atoms with van der Waals surface area (Å²) in [6, 6.07) is 10.4. The lowest BCUT2D eigenvalue weighted by atomic mass is 10.3. The zero-order chi connectivity index (χ0) is 12.8. The van der Waals surface area contributed by atoms with Crippen LogP contribution in [0.1, 0.15) is 21.9 Å². The normalized spacial score (nSPS) is 10.2. The van der Waals surface area contributed by atoms with Gasteiger partial charge in [-0.2, -0.15) is 0 Å². The van der Waals surface area contributed by atoms with Crippen LogP contribution in [0.4, 0.5) is 0 Å². The fourth-order valence-corrected chi connectivity index (χ4v) is 1.42. The van der Waals surface area contributed by atoms with Crippen LogP contribution in [0.5, 0.6) is 0 Å². The van der Waals surface area contributed by atoms with Gasteiger partial charge in [-0.3, -0.25) is 4.98 Å². The summed E-state index contributed by atoms with van der Waals surface area (Å²) in [6.07, 6.45) is 1.70. The molecule has 0 aliphatic heterocycles. The Kier molecular flexibility index (Phi) is 3.98. The van der Waals surface area contributed by atoms with E-state index in [4.69, 9.17) is 9.84 Å². The molecule has 0 aromatic carbocycles. The Bertz CT molecular complexity index is 529. The molecule has 0 atom stereocenters. The lowest BCUT2D eigenvalue weighted by molar-refractivity contribution is 0.0687. The van der Waals surface area contributed by atoms with Crippen molar-refractivity contribution in [2.75, 3.05) is 0 Å². The van der Waals surface area contributed by atoms with Crippen molar-refractivity contribution >= 4 is 5.97 Å². The van der Waals surface area contributed by atoms with E-state index in [2.05, 4.69) is 9.97 Å². The molecule has 0 unspecified atom stereocenters. The van der Waals surface area contributed by atoms with Gasteiger partial charge >= 0.3 is 5.97 Å². The zero-order valence-corrected chi connectivity index (χ0v) is 9.61. The topological polar surface area (TPSA) is 72.3 Å². The summed E-state index contributed by atoms with van der Waals surface area (Å²) in [6.45, 7) is 0.636. The minimum atomic E-state index is -1.04. The van der Waals surface area contributed by atoms with E-state index in [9.17, 15) is 4.79 Å². The van der Waals surface area contributed by atoms with Crippen LogP contribution in [0.25, 0.3) is 0 Å². The van der Waals surface area contributed by atoms with Crippen molar-refractivity contribution in [2.45, 2.75) is 13.2 Å². The number of pyridine rings is 2. The summed E-state index contributed by atoms with van der Waals surface area (Å²) in [7, 11) is 0. The Balaban J connectivity index is 1.90. The molecular formula is C13H12N2O3. The highest BCUT2D eigenvalue weighted by Crippen LogP contribution is 2.03. The summed E-state index contributed by atoms with van der Waals surface area (Å²) in [5.41, 5.74) is 1.44. The third kappa shape index (κ3) is 3.36.